The van der Waals surface area contributed by atoms with Gasteiger partial charge in [-0.1, -0.05) is 36.9 Å². The van der Waals surface area contributed by atoms with E-state index >= 15 is 0 Å². The number of amides is 1. The molecule has 3 rings (SSSR count). The molecule has 1 aromatic heterocycles. The van der Waals surface area contributed by atoms with Crippen molar-refractivity contribution in [2.24, 2.45) is 0 Å². The highest BCUT2D eigenvalue weighted by Crippen LogP contribution is 2.23. The van der Waals surface area contributed by atoms with E-state index in [0.717, 1.165) is 28.6 Å². The molecule has 28 heavy (non-hydrogen) atoms. The summed E-state index contributed by atoms with van der Waals surface area (Å²) in [6.07, 6.45) is 1.05. The summed E-state index contributed by atoms with van der Waals surface area (Å²) in [4.78, 5) is 12.5. The standard InChI is InChI=1S/C21H24N4O2S/c1-4-11-28-21-24-23-19(25(21)17-9-5-7-15(2)12-17)14-22-20(26)16-8-6-10-18(13-16)27-3/h5-10,12-13H,4,11,14H2,1-3H3,(H,22,26). The van der Waals surface area contributed by atoms with Crippen molar-refractivity contribution < 1.29 is 9.53 Å². The molecule has 7 heteroatoms. The van der Waals surface area contributed by atoms with Crippen LogP contribution in [0.1, 0.15) is 35.1 Å². The summed E-state index contributed by atoms with van der Waals surface area (Å²) in [5.41, 5.74) is 2.69. The molecule has 0 aliphatic carbocycles. The second kappa shape index (κ2) is 9.41. The lowest BCUT2D eigenvalue weighted by Crippen LogP contribution is -2.24. The minimum atomic E-state index is -0.180. The fourth-order valence-corrected chi connectivity index (χ4v) is 3.58. The maximum Gasteiger partial charge on any atom is 0.251 e. The van der Waals surface area contributed by atoms with Crippen LogP contribution in [0.3, 0.4) is 0 Å². The molecule has 1 N–H and O–H groups in total. The Morgan fingerprint density at radius 2 is 2.00 bits per heavy atom. The average Bonchev–Trinajstić information content (AvgIpc) is 3.13. The topological polar surface area (TPSA) is 69.0 Å². The van der Waals surface area contributed by atoms with Gasteiger partial charge in [-0.3, -0.25) is 9.36 Å². The number of nitrogens with one attached hydrogen (secondary N) is 1. The highest BCUT2D eigenvalue weighted by molar-refractivity contribution is 7.99. The molecule has 1 heterocycles. The van der Waals surface area contributed by atoms with Gasteiger partial charge in [0.25, 0.3) is 5.91 Å². The number of nitrogens with zero attached hydrogens (tertiary/aromatic N) is 3. The molecule has 6 nitrogen and oxygen atoms in total. The van der Waals surface area contributed by atoms with E-state index in [-0.39, 0.29) is 12.5 Å². The normalized spacial score (nSPS) is 10.7. The van der Waals surface area contributed by atoms with Crippen LogP contribution in [0, 0.1) is 6.92 Å². The minimum absolute atomic E-state index is 0.180. The molecule has 3 aromatic rings. The van der Waals surface area contributed by atoms with Crippen molar-refractivity contribution >= 4 is 17.7 Å². The van der Waals surface area contributed by atoms with E-state index in [1.54, 1.807) is 37.1 Å². The van der Waals surface area contributed by atoms with Crippen molar-refractivity contribution in [2.75, 3.05) is 12.9 Å². The van der Waals surface area contributed by atoms with E-state index in [9.17, 15) is 4.79 Å². The highest BCUT2D eigenvalue weighted by atomic mass is 32.2. The molecule has 0 atom stereocenters. The summed E-state index contributed by atoms with van der Waals surface area (Å²) >= 11 is 1.66. The van der Waals surface area contributed by atoms with Crippen molar-refractivity contribution in [3.63, 3.8) is 0 Å². The maximum atomic E-state index is 12.5. The predicted octanol–water partition coefficient (Wildman–Crippen LogP) is 4.02. The van der Waals surface area contributed by atoms with Crippen LogP contribution < -0.4 is 10.1 Å². The van der Waals surface area contributed by atoms with Crippen molar-refractivity contribution in [1.29, 1.82) is 0 Å². The third kappa shape index (κ3) is 4.72. The number of ether oxygens (including phenoxy) is 1. The molecule has 0 aliphatic heterocycles. The number of carbonyl (C=O) groups is 1. The van der Waals surface area contributed by atoms with Gasteiger partial charge < -0.3 is 10.1 Å². The molecule has 0 aliphatic rings. The van der Waals surface area contributed by atoms with Gasteiger partial charge in [-0.25, -0.2) is 0 Å². The second-order valence-electron chi connectivity index (χ2n) is 6.34. The molecule has 0 bridgehead atoms. The number of rotatable bonds is 8. The van der Waals surface area contributed by atoms with Crippen LogP contribution in [-0.2, 0) is 6.54 Å². The fourth-order valence-electron chi connectivity index (χ4n) is 2.75. The lowest BCUT2D eigenvalue weighted by Gasteiger charge is -2.12. The van der Waals surface area contributed by atoms with E-state index < -0.39 is 0 Å². The minimum Gasteiger partial charge on any atom is -0.497 e. The Hall–Kier alpha value is -2.80. The van der Waals surface area contributed by atoms with Crippen LogP contribution in [-0.4, -0.2) is 33.5 Å². The van der Waals surface area contributed by atoms with Crippen molar-refractivity contribution in [3.8, 4) is 11.4 Å². The molecule has 0 radical (unpaired) electrons. The van der Waals surface area contributed by atoms with Crippen LogP contribution in [0.25, 0.3) is 5.69 Å². The summed E-state index contributed by atoms with van der Waals surface area (Å²) in [5, 5.41) is 12.4. The van der Waals surface area contributed by atoms with Gasteiger partial charge in [-0.2, -0.15) is 0 Å². The second-order valence-corrected chi connectivity index (χ2v) is 7.40. The zero-order valence-corrected chi connectivity index (χ0v) is 17.1. The Morgan fingerprint density at radius 3 is 2.75 bits per heavy atom. The number of aromatic nitrogens is 3. The van der Waals surface area contributed by atoms with Crippen LogP contribution in [0.15, 0.2) is 53.7 Å². The number of hydrogen-bond donors (Lipinski definition) is 1. The molecule has 0 saturated heterocycles. The number of aryl methyl sites for hydroxylation is 1. The van der Waals surface area contributed by atoms with Crippen LogP contribution in [0.4, 0.5) is 0 Å². The SMILES string of the molecule is CCCSc1nnc(CNC(=O)c2cccc(OC)c2)n1-c1cccc(C)c1. The summed E-state index contributed by atoms with van der Waals surface area (Å²) in [7, 11) is 1.58. The molecule has 1 amide bonds. The summed E-state index contributed by atoms with van der Waals surface area (Å²) in [6, 6.07) is 15.3. The Balaban J connectivity index is 1.83. The van der Waals surface area contributed by atoms with E-state index in [0.29, 0.717) is 17.1 Å². The molecule has 0 spiro atoms. The van der Waals surface area contributed by atoms with E-state index in [1.165, 1.54) is 0 Å². The van der Waals surface area contributed by atoms with Gasteiger partial charge in [0.15, 0.2) is 11.0 Å². The third-order valence-corrected chi connectivity index (χ3v) is 5.27. The summed E-state index contributed by atoms with van der Waals surface area (Å²) in [5.74, 6) is 2.12. The van der Waals surface area contributed by atoms with Crippen LogP contribution in [0.2, 0.25) is 0 Å². The molecule has 146 valence electrons. The zero-order valence-electron chi connectivity index (χ0n) is 16.3. The largest absolute Gasteiger partial charge is 0.497 e. The Labute approximate surface area is 169 Å². The van der Waals surface area contributed by atoms with Crippen LogP contribution >= 0.6 is 11.8 Å². The first kappa shape index (κ1) is 19.9. The van der Waals surface area contributed by atoms with Gasteiger partial charge in [-0.15, -0.1) is 10.2 Å². The average molecular weight is 397 g/mol. The van der Waals surface area contributed by atoms with Gasteiger partial charge in [0, 0.05) is 17.0 Å². The monoisotopic (exact) mass is 396 g/mol. The molecule has 2 aromatic carbocycles. The summed E-state index contributed by atoms with van der Waals surface area (Å²) in [6.45, 7) is 4.47. The number of benzene rings is 2. The van der Waals surface area contributed by atoms with E-state index in [2.05, 4.69) is 41.5 Å². The Morgan fingerprint density at radius 1 is 1.18 bits per heavy atom. The molecular formula is C21H24N4O2S. The van der Waals surface area contributed by atoms with Gasteiger partial charge >= 0.3 is 0 Å². The lowest BCUT2D eigenvalue weighted by atomic mass is 10.2. The molecule has 0 saturated carbocycles. The number of methoxy groups -OCH3 is 1. The smallest absolute Gasteiger partial charge is 0.251 e. The number of hydrogen-bond acceptors (Lipinski definition) is 5. The zero-order chi connectivity index (χ0) is 19.9. The van der Waals surface area contributed by atoms with Gasteiger partial charge in [0.1, 0.15) is 5.75 Å². The Kier molecular flexibility index (Phi) is 6.71. The first-order valence-electron chi connectivity index (χ1n) is 9.18. The van der Waals surface area contributed by atoms with E-state index in [4.69, 9.17) is 4.74 Å². The van der Waals surface area contributed by atoms with Crippen molar-refractivity contribution in [1.82, 2.24) is 20.1 Å². The highest BCUT2D eigenvalue weighted by Gasteiger charge is 2.16. The number of thioether (sulfide) groups is 1. The van der Waals surface area contributed by atoms with Crippen LogP contribution in [0.5, 0.6) is 5.75 Å². The van der Waals surface area contributed by atoms with Crippen molar-refractivity contribution in [2.45, 2.75) is 32.0 Å². The fraction of sp³-hybridized carbons (Fsp3) is 0.286. The lowest BCUT2D eigenvalue weighted by molar-refractivity contribution is 0.0949. The van der Waals surface area contributed by atoms with Crippen molar-refractivity contribution in [3.05, 3.63) is 65.5 Å². The van der Waals surface area contributed by atoms with Gasteiger partial charge in [-0.05, 0) is 49.2 Å². The quantitative estimate of drug-likeness (QED) is 0.583. The number of carbonyl (C=O) groups excluding carboxylic acids is 1. The first-order valence-corrected chi connectivity index (χ1v) is 10.2. The maximum absolute atomic E-state index is 12.5. The molecule has 0 unspecified atom stereocenters. The van der Waals surface area contributed by atoms with Gasteiger partial charge in [0.2, 0.25) is 0 Å². The molecular weight excluding hydrogens is 372 g/mol. The third-order valence-electron chi connectivity index (χ3n) is 4.13. The Bertz CT molecular complexity index is 955. The first-order chi connectivity index (χ1) is 13.6. The summed E-state index contributed by atoms with van der Waals surface area (Å²) < 4.78 is 7.20. The predicted molar refractivity (Wildman–Crippen MR) is 111 cm³/mol. The van der Waals surface area contributed by atoms with Gasteiger partial charge in [0.05, 0.1) is 13.7 Å². The molecule has 0 fully saturated rings. The van der Waals surface area contributed by atoms with E-state index in [1.807, 2.05) is 22.8 Å².